The van der Waals surface area contributed by atoms with Gasteiger partial charge in [-0.25, -0.2) is 0 Å². The molecular weight excluding hydrogens is 218 g/mol. The topological polar surface area (TPSA) is 35.2 Å². The first-order chi connectivity index (χ1) is 7.74. The van der Waals surface area contributed by atoms with Crippen LogP contribution in [0.5, 0.6) is 0 Å². The summed E-state index contributed by atoms with van der Waals surface area (Å²) in [5.74, 6) is 0.911. The predicted octanol–water partition coefficient (Wildman–Crippen LogP) is 2.84. The third kappa shape index (κ3) is 5.01. The minimum Gasteiger partial charge on any atom is -0.380 e. The molecule has 1 aromatic carbocycles. The Balaban J connectivity index is 2.26. The van der Waals surface area contributed by atoms with Crippen molar-refractivity contribution in [3.05, 3.63) is 29.8 Å². The smallest absolute Gasteiger partial charge is 0.0625 e. The van der Waals surface area contributed by atoms with Crippen molar-refractivity contribution in [1.82, 2.24) is 0 Å². The first kappa shape index (κ1) is 13.6. The van der Waals surface area contributed by atoms with Crippen molar-refractivity contribution in [2.75, 3.05) is 19.0 Å². The Kier molecular flexibility index (Phi) is 6.53. The first-order valence-electron chi connectivity index (χ1n) is 5.75. The van der Waals surface area contributed by atoms with Crippen molar-refractivity contribution in [1.29, 1.82) is 0 Å². The average molecular weight is 239 g/mol. The fourth-order valence-corrected chi connectivity index (χ4v) is 2.30. The van der Waals surface area contributed by atoms with E-state index in [9.17, 15) is 0 Å². The first-order valence-corrected chi connectivity index (χ1v) is 6.74. The molecular formula is C13H21NOS. The molecule has 3 heteroatoms. The Morgan fingerprint density at radius 2 is 2.12 bits per heavy atom. The Morgan fingerprint density at radius 3 is 2.81 bits per heavy atom. The van der Waals surface area contributed by atoms with Crippen molar-refractivity contribution < 1.29 is 4.74 Å². The fraction of sp³-hybridized carbons (Fsp3) is 0.538. The third-order valence-electron chi connectivity index (χ3n) is 2.23. The minimum atomic E-state index is 0.121. The van der Waals surface area contributed by atoms with E-state index in [-0.39, 0.29) is 6.04 Å². The largest absolute Gasteiger partial charge is 0.380 e. The molecule has 0 radical (unpaired) electrons. The van der Waals surface area contributed by atoms with Crippen LogP contribution in [0.2, 0.25) is 0 Å². The molecule has 1 unspecified atom stereocenters. The van der Waals surface area contributed by atoms with Crippen LogP contribution in [-0.4, -0.2) is 25.0 Å². The van der Waals surface area contributed by atoms with Gasteiger partial charge < -0.3 is 10.5 Å². The summed E-state index contributed by atoms with van der Waals surface area (Å²) < 4.78 is 5.42. The quantitative estimate of drug-likeness (QED) is 0.587. The summed E-state index contributed by atoms with van der Waals surface area (Å²) in [6.07, 6.45) is 1.05. The highest BCUT2D eigenvalue weighted by molar-refractivity contribution is 7.99. The number of hydrogen-bond acceptors (Lipinski definition) is 3. The molecule has 0 aliphatic heterocycles. The van der Waals surface area contributed by atoms with Gasteiger partial charge in [0.2, 0.25) is 0 Å². The molecule has 0 saturated heterocycles. The van der Waals surface area contributed by atoms with Gasteiger partial charge in [0.25, 0.3) is 0 Å². The Morgan fingerprint density at radius 1 is 1.38 bits per heavy atom. The van der Waals surface area contributed by atoms with E-state index >= 15 is 0 Å². The van der Waals surface area contributed by atoms with Gasteiger partial charge in [-0.3, -0.25) is 0 Å². The van der Waals surface area contributed by atoms with Crippen molar-refractivity contribution in [3.63, 3.8) is 0 Å². The second kappa shape index (κ2) is 7.71. The number of rotatable bonds is 7. The molecule has 0 amide bonds. The normalized spacial score (nSPS) is 12.7. The summed E-state index contributed by atoms with van der Waals surface area (Å²) in [4.78, 5) is 1.31. The molecule has 0 aliphatic carbocycles. The highest BCUT2D eigenvalue weighted by Gasteiger charge is 2.04. The monoisotopic (exact) mass is 239 g/mol. The zero-order valence-corrected chi connectivity index (χ0v) is 10.9. The SMILES string of the molecule is CCCOCC(N)CSc1ccccc1C. The number of ether oxygens (including phenoxy) is 1. The summed E-state index contributed by atoms with van der Waals surface area (Å²) >= 11 is 1.81. The van der Waals surface area contributed by atoms with Crippen LogP contribution >= 0.6 is 11.8 Å². The van der Waals surface area contributed by atoms with Crippen molar-refractivity contribution >= 4 is 11.8 Å². The number of nitrogens with two attached hydrogens (primary N) is 1. The molecule has 0 bridgehead atoms. The molecule has 1 atom stereocenters. The Hall–Kier alpha value is -0.510. The van der Waals surface area contributed by atoms with Crippen LogP contribution in [0.25, 0.3) is 0 Å². The molecule has 1 aromatic rings. The average Bonchev–Trinajstić information content (AvgIpc) is 2.28. The van der Waals surface area contributed by atoms with E-state index in [1.54, 1.807) is 0 Å². The van der Waals surface area contributed by atoms with Gasteiger partial charge in [-0.15, -0.1) is 11.8 Å². The van der Waals surface area contributed by atoms with E-state index in [4.69, 9.17) is 10.5 Å². The molecule has 90 valence electrons. The molecule has 0 saturated carbocycles. The maximum Gasteiger partial charge on any atom is 0.0625 e. The van der Waals surface area contributed by atoms with Crippen molar-refractivity contribution in [2.45, 2.75) is 31.2 Å². The van der Waals surface area contributed by atoms with E-state index in [0.717, 1.165) is 18.8 Å². The van der Waals surface area contributed by atoms with Gasteiger partial charge >= 0.3 is 0 Å². The highest BCUT2D eigenvalue weighted by Crippen LogP contribution is 2.21. The van der Waals surface area contributed by atoms with Gasteiger partial charge in [0.15, 0.2) is 0 Å². The highest BCUT2D eigenvalue weighted by atomic mass is 32.2. The molecule has 16 heavy (non-hydrogen) atoms. The van der Waals surface area contributed by atoms with Gasteiger partial charge in [-0.05, 0) is 25.0 Å². The van der Waals surface area contributed by atoms with Gasteiger partial charge in [0.1, 0.15) is 0 Å². The predicted molar refractivity (Wildman–Crippen MR) is 71.0 cm³/mol. The van der Waals surface area contributed by atoms with Crippen LogP contribution in [0.15, 0.2) is 29.2 Å². The number of aryl methyl sites for hydroxylation is 1. The second-order valence-electron chi connectivity index (χ2n) is 3.91. The second-order valence-corrected chi connectivity index (χ2v) is 4.97. The summed E-state index contributed by atoms with van der Waals surface area (Å²) in [7, 11) is 0. The van der Waals surface area contributed by atoms with Crippen molar-refractivity contribution in [3.8, 4) is 0 Å². The molecule has 2 N–H and O–H groups in total. The lowest BCUT2D eigenvalue weighted by atomic mass is 10.2. The van der Waals surface area contributed by atoms with Crippen LogP contribution in [0.4, 0.5) is 0 Å². The van der Waals surface area contributed by atoms with Crippen LogP contribution in [-0.2, 0) is 4.74 Å². The summed E-state index contributed by atoms with van der Waals surface area (Å²) in [5, 5.41) is 0. The molecule has 0 fully saturated rings. The molecule has 0 aromatic heterocycles. The Labute approximate surface area is 103 Å². The van der Waals surface area contributed by atoms with Crippen LogP contribution in [0.1, 0.15) is 18.9 Å². The molecule has 0 heterocycles. The number of thioether (sulfide) groups is 1. The molecule has 0 spiro atoms. The van der Waals surface area contributed by atoms with Crippen LogP contribution < -0.4 is 5.73 Å². The minimum absolute atomic E-state index is 0.121. The van der Waals surface area contributed by atoms with E-state index in [0.29, 0.717) is 6.61 Å². The van der Waals surface area contributed by atoms with Crippen LogP contribution in [0.3, 0.4) is 0 Å². The lowest BCUT2D eigenvalue weighted by molar-refractivity contribution is 0.126. The van der Waals surface area contributed by atoms with Gasteiger partial charge in [-0.1, -0.05) is 25.1 Å². The maximum atomic E-state index is 5.97. The zero-order chi connectivity index (χ0) is 11.8. The van der Waals surface area contributed by atoms with Crippen LogP contribution in [0, 0.1) is 6.92 Å². The van der Waals surface area contributed by atoms with Gasteiger partial charge in [0, 0.05) is 23.3 Å². The molecule has 1 rings (SSSR count). The van der Waals surface area contributed by atoms with E-state index < -0.39 is 0 Å². The van der Waals surface area contributed by atoms with E-state index in [1.165, 1.54) is 10.5 Å². The van der Waals surface area contributed by atoms with E-state index in [2.05, 4.69) is 38.1 Å². The Bertz CT molecular complexity index is 304. The summed E-state index contributed by atoms with van der Waals surface area (Å²) in [6, 6.07) is 8.51. The van der Waals surface area contributed by atoms with Gasteiger partial charge in [-0.2, -0.15) is 0 Å². The number of benzene rings is 1. The zero-order valence-electron chi connectivity index (χ0n) is 10.1. The number of hydrogen-bond donors (Lipinski definition) is 1. The lowest BCUT2D eigenvalue weighted by Gasteiger charge is -2.12. The lowest BCUT2D eigenvalue weighted by Crippen LogP contribution is -2.28. The molecule has 0 aliphatic rings. The third-order valence-corrected chi connectivity index (χ3v) is 3.59. The molecule has 2 nitrogen and oxygen atoms in total. The van der Waals surface area contributed by atoms with Gasteiger partial charge in [0.05, 0.1) is 6.61 Å². The standard InChI is InChI=1S/C13H21NOS/c1-3-8-15-9-12(14)10-16-13-7-5-4-6-11(13)2/h4-7,12H,3,8-10,14H2,1-2H3. The summed E-state index contributed by atoms with van der Waals surface area (Å²) in [6.45, 7) is 5.70. The summed E-state index contributed by atoms with van der Waals surface area (Å²) in [5.41, 5.74) is 7.28. The maximum absolute atomic E-state index is 5.97. The fourth-order valence-electron chi connectivity index (χ4n) is 1.34. The van der Waals surface area contributed by atoms with Crippen molar-refractivity contribution in [2.24, 2.45) is 5.73 Å². The van der Waals surface area contributed by atoms with E-state index in [1.807, 2.05) is 11.8 Å².